The van der Waals surface area contributed by atoms with E-state index in [1.54, 1.807) is 0 Å². The quantitative estimate of drug-likeness (QED) is 0.204. The van der Waals surface area contributed by atoms with Crippen LogP contribution >= 0.6 is 0 Å². The molecule has 282 valence electrons. The lowest BCUT2D eigenvalue weighted by molar-refractivity contribution is -0.450. The Labute approximate surface area is 239 Å². The van der Waals surface area contributed by atoms with Gasteiger partial charge >= 0.3 is 82.9 Å². The first-order valence-electron chi connectivity index (χ1n) is 10.4. The number of halogens is 30. The summed E-state index contributed by atoms with van der Waals surface area (Å²) < 4.78 is 408. The van der Waals surface area contributed by atoms with Gasteiger partial charge in [-0.2, -0.15) is 123 Å². The molecule has 30 heteroatoms. The molecule has 2 aliphatic rings. The average molecular weight is 786 g/mol. The Kier molecular flexibility index (Phi) is 8.29. The second kappa shape index (κ2) is 9.58. The minimum atomic E-state index is -9.80. The summed E-state index contributed by atoms with van der Waals surface area (Å²) in [6.45, 7) is 0. The van der Waals surface area contributed by atoms with E-state index in [1.807, 2.05) is 0 Å². The molecule has 0 aliphatic heterocycles. The SMILES string of the molecule is FC1=C(C(F)(F)C(F)(F)C(F)(F)C(F)(F)C(F)(F)C(F)(F)C(F)(F)C(F)(F)C2=C(F)C(F)(F)C(F)(F)C2(F)F)C(F)(F)C(F)(F)C1(F)F. The normalized spacial score (nSPS) is 24.9. The van der Waals surface area contributed by atoms with Crippen molar-refractivity contribution in [2.75, 3.05) is 0 Å². The Morgan fingerprint density at radius 3 is 0.583 bits per heavy atom. The molecule has 48 heavy (non-hydrogen) atoms. The van der Waals surface area contributed by atoms with Crippen molar-refractivity contribution in [2.45, 2.75) is 82.9 Å². The Morgan fingerprint density at radius 1 is 0.271 bits per heavy atom. The lowest BCUT2D eigenvalue weighted by Crippen LogP contribution is -2.75. The molecule has 0 spiro atoms. The van der Waals surface area contributed by atoms with Crippen LogP contribution in [0, 0.1) is 0 Å². The molecule has 0 unspecified atom stereocenters. The van der Waals surface area contributed by atoms with Gasteiger partial charge in [-0.25, -0.2) is 8.78 Å². The second-order valence-electron chi connectivity index (χ2n) is 9.42. The topological polar surface area (TPSA) is 0 Å². The molecule has 0 saturated carbocycles. The van der Waals surface area contributed by atoms with Crippen molar-refractivity contribution in [3.63, 3.8) is 0 Å². The van der Waals surface area contributed by atoms with Crippen LogP contribution < -0.4 is 0 Å². The van der Waals surface area contributed by atoms with Crippen molar-refractivity contribution in [2.24, 2.45) is 0 Å². The molecule has 0 atom stereocenters. The molecule has 0 saturated heterocycles. The van der Waals surface area contributed by atoms with Crippen LogP contribution in [0.15, 0.2) is 22.8 Å². The molecular weight excluding hydrogens is 786 g/mol. The van der Waals surface area contributed by atoms with Crippen LogP contribution in [0.1, 0.15) is 0 Å². The summed E-state index contributed by atoms with van der Waals surface area (Å²) in [6.07, 6.45) is 0. The van der Waals surface area contributed by atoms with E-state index in [0.717, 1.165) is 0 Å². The molecule has 0 aromatic heterocycles. The summed E-state index contributed by atoms with van der Waals surface area (Å²) in [5, 5.41) is 0. The zero-order chi connectivity index (χ0) is 39.3. The smallest absolute Gasteiger partial charge is 0.204 e. The van der Waals surface area contributed by atoms with Gasteiger partial charge in [0.15, 0.2) is 11.7 Å². The zero-order valence-corrected chi connectivity index (χ0v) is 20.3. The van der Waals surface area contributed by atoms with Crippen LogP contribution in [-0.4, -0.2) is 82.9 Å². The molecule has 2 rings (SSSR count). The van der Waals surface area contributed by atoms with Gasteiger partial charge in [0.25, 0.3) is 0 Å². The highest BCUT2D eigenvalue weighted by atomic mass is 19.4. The monoisotopic (exact) mass is 786 g/mol. The minimum Gasteiger partial charge on any atom is -0.204 e. The largest absolute Gasteiger partial charge is 0.385 e. The van der Waals surface area contributed by atoms with E-state index in [4.69, 9.17) is 0 Å². The van der Waals surface area contributed by atoms with Gasteiger partial charge in [0.2, 0.25) is 0 Å². The number of hydrogen-bond acceptors (Lipinski definition) is 0. The standard InChI is InChI=1S/C18F30/c19-3-1(5(21,22)11(33,34)9(3,29)30)7(25,26)13(37,38)15(41,42)17(45,46)18(47,48)16(43,44)14(39,40)8(27,28)2-4(20)10(31,32)12(35,36)6(2,23)24. The maximum atomic E-state index is 14.0. The second-order valence-corrected chi connectivity index (χ2v) is 9.42. The lowest BCUT2D eigenvalue weighted by atomic mass is 9.84. The van der Waals surface area contributed by atoms with E-state index in [2.05, 4.69) is 0 Å². The molecule has 0 bridgehead atoms. The van der Waals surface area contributed by atoms with Gasteiger partial charge in [-0.05, 0) is 0 Å². The lowest BCUT2D eigenvalue weighted by Gasteiger charge is -2.44. The van der Waals surface area contributed by atoms with Crippen LogP contribution in [0.5, 0.6) is 0 Å². The Hall–Kier alpha value is -2.62. The molecule has 0 fully saturated rings. The fourth-order valence-corrected chi connectivity index (χ4v) is 3.74. The summed E-state index contributed by atoms with van der Waals surface area (Å²) >= 11 is 0. The molecule has 0 aromatic carbocycles. The van der Waals surface area contributed by atoms with E-state index in [-0.39, 0.29) is 0 Å². The van der Waals surface area contributed by atoms with E-state index in [9.17, 15) is 132 Å². The zero-order valence-electron chi connectivity index (χ0n) is 20.3. The van der Waals surface area contributed by atoms with Crippen molar-refractivity contribution in [3.05, 3.63) is 22.8 Å². The fourth-order valence-electron chi connectivity index (χ4n) is 3.74. The fraction of sp³-hybridized carbons (Fsp3) is 0.778. The van der Waals surface area contributed by atoms with E-state index in [0.29, 0.717) is 0 Å². The highest BCUT2D eigenvalue weighted by molar-refractivity contribution is 5.45. The Morgan fingerprint density at radius 2 is 0.438 bits per heavy atom. The van der Waals surface area contributed by atoms with Gasteiger partial charge < -0.3 is 0 Å². The van der Waals surface area contributed by atoms with Crippen molar-refractivity contribution >= 4 is 0 Å². The van der Waals surface area contributed by atoms with Crippen LogP contribution in [0.3, 0.4) is 0 Å². The van der Waals surface area contributed by atoms with E-state index in [1.165, 1.54) is 0 Å². The molecule has 2 aliphatic carbocycles. The molecule has 0 N–H and O–H groups in total. The first-order chi connectivity index (χ1) is 20.3. The predicted molar refractivity (Wildman–Crippen MR) is 85.5 cm³/mol. The molecule has 0 nitrogen and oxygen atoms in total. The maximum absolute atomic E-state index is 14.0. The third-order valence-electron chi connectivity index (χ3n) is 6.58. The van der Waals surface area contributed by atoms with E-state index >= 15 is 0 Å². The molecule has 0 heterocycles. The highest BCUT2D eigenvalue weighted by Gasteiger charge is 2.98. The van der Waals surface area contributed by atoms with Crippen molar-refractivity contribution < 1.29 is 132 Å². The maximum Gasteiger partial charge on any atom is 0.385 e. The van der Waals surface area contributed by atoms with Gasteiger partial charge in [-0.15, -0.1) is 0 Å². The van der Waals surface area contributed by atoms with Crippen LogP contribution in [0.2, 0.25) is 0 Å². The summed E-state index contributed by atoms with van der Waals surface area (Å²) in [5.74, 6) is -133. The van der Waals surface area contributed by atoms with Crippen LogP contribution in [-0.2, 0) is 0 Å². The molecule has 0 amide bonds. The first-order valence-corrected chi connectivity index (χ1v) is 10.4. The van der Waals surface area contributed by atoms with Gasteiger partial charge in [-0.3, -0.25) is 0 Å². The Balaban J connectivity index is 2.87. The average Bonchev–Trinajstić information content (AvgIpc) is 3.02. The number of allylic oxidation sites excluding steroid dienone is 4. The van der Waals surface area contributed by atoms with E-state index < -0.39 is 106 Å². The van der Waals surface area contributed by atoms with Gasteiger partial charge in [0, 0.05) is 0 Å². The van der Waals surface area contributed by atoms with Gasteiger partial charge in [-0.1, -0.05) is 0 Å². The number of alkyl halides is 28. The van der Waals surface area contributed by atoms with Crippen molar-refractivity contribution in [1.82, 2.24) is 0 Å². The minimum absolute atomic E-state index is 5.31. The van der Waals surface area contributed by atoms with Gasteiger partial charge in [0.05, 0.1) is 0 Å². The molecule has 0 radical (unpaired) electrons. The molecular formula is C18F30. The number of hydrogen-bond donors (Lipinski definition) is 0. The van der Waals surface area contributed by atoms with Gasteiger partial charge in [0.1, 0.15) is 11.1 Å². The third kappa shape index (κ3) is 3.95. The molecule has 0 aromatic rings. The summed E-state index contributed by atoms with van der Waals surface area (Å²) in [6, 6.07) is 0. The van der Waals surface area contributed by atoms with Crippen LogP contribution in [0.25, 0.3) is 0 Å². The predicted octanol–water partition coefficient (Wildman–Crippen LogP) is 10.4. The Bertz CT molecular complexity index is 1290. The summed E-state index contributed by atoms with van der Waals surface area (Å²) in [5.41, 5.74) is -11.4. The highest BCUT2D eigenvalue weighted by Crippen LogP contribution is 2.71. The summed E-state index contributed by atoms with van der Waals surface area (Å²) in [7, 11) is 0. The first kappa shape index (κ1) is 41.6. The van der Waals surface area contributed by atoms with Crippen molar-refractivity contribution in [3.8, 4) is 0 Å². The number of rotatable bonds is 9. The third-order valence-corrected chi connectivity index (χ3v) is 6.58. The van der Waals surface area contributed by atoms with Crippen LogP contribution in [0.4, 0.5) is 132 Å². The summed E-state index contributed by atoms with van der Waals surface area (Å²) in [4.78, 5) is 0. The van der Waals surface area contributed by atoms with Crippen molar-refractivity contribution in [1.29, 1.82) is 0 Å².